The zero-order valence-corrected chi connectivity index (χ0v) is 25.6. The largest absolute Gasteiger partial charge is 0.511 e. The summed E-state index contributed by atoms with van der Waals surface area (Å²) in [5.41, 5.74) is 0. The first kappa shape index (κ1) is 35.9. The van der Waals surface area contributed by atoms with Crippen molar-refractivity contribution < 1.29 is 10.2 Å². The van der Waals surface area contributed by atoms with Crippen molar-refractivity contribution in [2.75, 3.05) is 6.54 Å². The number of aliphatic hydroxyl groups excluding tert-OH is 2. The summed E-state index contributed by atoms with van der Waals surface area (Å²) in [6.45, 7) is 7.65. The van der Waals surface area contributed by atoms with E-state index in [1.54, 1.807) is 0 Å². The monoisotopic (exact) mass is 522 g/mol. The van der Waals surface area contributed by atoms with Gasteiger partial charge in [0.1, 0.15) is 11.5 Å². The Morgan fingerprint density at radius 3 is 1.00 bits per heavy atom. The molecule has 0 aromatic carbocycles. The minimum absolute atomic E-state index is 0.457. The highest BCUT2D eigenvalue weighted by molar-refractivity contribution is 4.99. The van der Waals surface area contributed by atoms with E-state index in [9.17, 15) is 10.2 Å². The first-order valence-corrected chi connectivity index (χ1v) is 16.7. The summed E-state index contributed by atoms with van der Waals surface area (Å²) in [4.78, 5) is 2.05. The quantitative estimate of drug-likeness (QED) is 0.0759. The maximum Gasteiger partial charge on any atom is 0.108 e. The molecule has 0 heterocycles. The van der Waals surface area contributed by atoms with Crippen LogP contribution in [-0.2, 0) is 0 Å². The van der Waals surface area contributed by atoms with Crippen molar-refractivity contribution in [3.8, 4) is 0 Å². The van der Waals surface area contributed by atoms with E-state index in [1.165, 1.54) is 135 Å². The molecular weight excluding hydrogens is 454 g/mol. The van der Waals surface area contributed by atoms with Crippen LogP contribution >= 0.6 is 0 Å². The number of hydrogen-bond donors (Lipinski definition) is 2. The van der Waals surface area contributed by atoms with E-state index in [0.717, 1.165) is 38.6 Å². The van der Waals surface area contributed by atoms with Gasteiger partial charge in [-0.3, -0.25) is 0 Å². The number of hydrogen-bond acceptors (Lipinski definition) is 3. The average molecular weight is 522 g/mol. The summed E-state index contributed by atoms with van der Waals surface area (Å²) >= 11 is 0. The predicted octanol–water partition coefficient (Wildman–Crippen LogP) is 12.3. The van der Waals surface area contributed by atoms with E-state index in [-0.39, 0.29) is 0 Å². The second kappa shape index (κ2) is 29.4. The van der Waals surface area contributed by atoms with E-state index < -0.39 is 0 Å². The van der Waals surface area contributed by atoms with E-state index in [4.69, 9.17) is 0 Å². The van der Waals surface area contributed by atoms with Crippen molar-refractivity contribution in [3.05, 3.63) is 23.9 Å². The molecule has 220 valence electrons. The van der Waals surface area contributed by atoms with Gasteiger partial charge in [0.15, 0.2) is 0 Å². The van der Waals surface area contributed by atoms with Gasteiger partial charge >= 0.3 is 0 Å². The molecule has 0 saturated carbocycles. The van der Waals surface area contributed by atoms with Gasteiger partial charge in [-0.05, 0) is 19.3 Å². The Morgan fingerprint density at radius 1 is 0.405 bits per heavy atom. The van der Waals surface area contributed by atoms with Crippen molar-refractivity contribution in [1.29, 1.82) is 0 Å². The molecule has 37 heavy (non-hydrogen) atoms. The second-order valence-electron chi connectivity index (χ2n) is 11.4. The van der Waals surface area contributed by atoms with Crippen LogP contribution in [0.4, 0.5) is 0 Å². The molecule has 0 aromatic rings. The number of aliphatic hydroxyl groups is 2. The Bertz CT molecular complexity index is 482. The molecule has 3 heteroatoms. The third-order valence-electron chi connectivity index (χ3n) is 7.47. The molecule has 0 aliphatic heterocycles. The van der Waals surface area contributed by atoms with Gasteiger partial charge in [-0.1, -0.05) is 156 Å². The van der Waals surface area contributed by atoms with Crippen LogP contribution in [0.25, 0.3) is 0 Å². The van der Waals surface area contributed by atoms with Crippen LogP contribution in [0.2, 0.25) is 0 Å². The highest BCUT2D eigenvalue weighted by atomic mass is 16.3. The fourth-order valence-electron chi connectivity index (χ4n) is 4.99. The summed E-state index contributed by atoms with van der Waals surface area (Å²) in [5, 5.41) is 21.1. The maximum atomic E-state index is 10.5. The first-order valence-electron chi connectivity index (χ1n) is 16.7. The summed E-state index contributed by atoms with van der Waals surface area (Å²) in [5.74, 6) is 0.913. The van der Waals surface area contributed by atoms with Gasteiger partial charge in [0.2, 0.25) is 0 Å². The van der Waals surface area contributed by atoms with Crippen molar-refractivity contribution in [2.45, 2.75) is 188 Å². The molecule has 0 saturated heterocycles. The summed E-state index contributed by atoms with van der Waals surface area (Å²) < 4.78 is 0. The summed E-state index contributed by atoms with van der Waals surface area (Å²) in [7, 11) is 0. The number of rotatable bonds is 29. The minimum atomic E-state index is 0.457. The zero-order chi connectivity index (χ0) is 27.2. The lowest BCUT2D eigenvalue weighted by molar-refractivity contribution is 0.334. The minimum Gasteiger partial charge on any atom is -0.511 e. The third-order valence-corrected chi connectivity index (χ3v) is 7.47. The Kier molecular flexibility index (Phi) is 28.5. The highest BCUT2D eigenvalue weighted by Crippen LogP contribution is 2.16. The number of allylic oxidation sites excluding steroid dienone is 2. The fourth-order valence-corrected chi connectivity index (χ4v) is 4.99. The number of unbranched alkanes of at least 4 members (excludes halogenated alkanes) is 21. The Morgan fingerprint density at radius 2 is 0.676 bits per heavy atom. The summed E-state index contributed by atoms with van der Waals surface area (Å²) in [6.07, 6.45) is 36.2. The fraction of sp³-hybridized carbons (Fsp3) is 0.882. The van der Waals surface area contributed by atoms with Crippen LogP contribution in [0.1, 0.15) is 188 Å². The van der Waals surface area contributed by atoms with Crippen LogP contribution < -0.4 is 0 Å². The predicted molar refractivity (Wildman–Crippen MR) is 165 cm³/mol. The zero-order valence-electron chi connectivity index (χ0n) is 25.6. The van der Waals surface area contributed by atoms with Crippen molar-refractivity contribution in [2.24, 2.45) is 0 Å². The molecule has 0 spiro atoms. The molecule has 0 fully saturated rings. The van der Waals surface area contributed by atoms with Gasteiger partial charge < -0.3 is 15.1 Å². The second-order valence-corrected chi connectivity index (χ2v) is 11.4. The Labute approximate surface area is 233 Å². The average Bonchev–Trinajstić information content (AvgIpc) is 2.88. The van der Waals surface area contributed by atoms with E-state index in [2.05, 4.69) is 25.7 Å². The SMILES string of the molecule is CCCCCCCCCCCCCCN(C=C(O)CCCCCCCC)C=C(O)CCCCCCCC. The number of nitrogens with zero attached hydrogens (tertiary/aromatic N) is 1. The van der Waals surface area contributed by atoms with Gasteiger partial charge in [0.05, 0.1) is 0 Å². The van der Waals surface area contributed by atoms with Gasteiger partial charge in [-0.15, -0.1) is 0 Å². The molecule has 3 nitrogen and oxygen atoms in total. The highest BCUT2D eigenvalue weighted by Gasteiger charge is 2.04. The molecule has 2 N–H and O–H groups in total. The molecule has 0 rings (SSSR count). The van der Waals surface area contributed by atoms with Crippen LogP contribution in [0.15, 0.2) is 23.9 Å². The lowest BCUT2D eigenvalue weighted by Gasteiger charge is -2.17. The Hall–Kier alpha value is -1.12. The topological polar surface area (TPSA) is 43.7 Å². The molecule has 0 bridgehead atoms. The smallest absolute Gasteiger partial charge is 0.108 e. The molecular formula is C34H67NO2. The van der Waals surface area contributed by atoms with E-state index >= 15 is 0 Å². The molecule has 0 amide bonds. The third kappa shape index (κ3) is 27.7. The van der Waals surface area contributed by atoms with Crippen LogP contribution in [-0.4, -0.2) is 21.7 Å². The normalized spacial score (nSPS) is 12.4. The van der Waals surface area contributed by atoms with Crippen molar-refractivity contribution in [3.63, 3.8) is 0 Å². The lowest BCUT2D eigenvalue weighted by atomic mass is 10.1. The van der Waals surface area contributed by atoms with Gasteiger partial charge in [-0.25, -0.2) is 0 Å². The van der Waals surface area contributed by atoms with Gasteiger partial charge in [0.25, 0.3) is 0 Å². The molecule has 0 aliphatic carbocycles. The maximum absolute atomic E-state index is 10.5. The lowest BCUT2D eigenvalue weighted by Crippen LogP contribution is -2.14. The molecule has 0 unspecified atom stereocenters. The van der Waals surface area contributed by atoms with Crippen LogP contribution in [0.5, 0.6) is 0 Å². The van der Waals surface area contributed by atoms with E-state index in [1.807, 2.05) is 12.4 Å². The van der Waals surface area contributed by atoms with Crippen LogP contribution in [0.3, 0.4) is 0 Å². The standard InChI is InChI=1S/C34H67NO2/c1-4-7-10-13-16-17-18-19-20-21-24-27-30-35(31-33(36)28-25-22-14-11-8-5-2)32-34(37)29-26-23-15-12-9-6-3/h31-32,36-37H,4-30H2,1-3H3. The molecule has 0 radical (unpaired) electrons. The first-order chi connectivity index (χ1) is 18.1. The van der Waals surface area contributed by atoms with Crippen LogP contribution in [0, 0.1) is 0 Å². The molecule has 0 aromatic heterocycles. The van der Waals surface area contributed by atoms with Gasteiger partial charge in [0, 0.05) is 31.8 Å². The van der Waals surface area contributed by atoms with Crippen molar-refractivity contribution >= 4 is 0 Å². The van der Waals surface area contributed by atoms with Crippen molar-refractivity contribution in [1.82, 2.24) is 4.90 Å². The molecule has 0 aliphatic rings. The summed E-state index contributed by atoms with van der Waals surface area (Å²) in [6, 6.07) is 0. The van der Waals surface area contributed by atoms with Gasteiger partial charge in [-0.2, -0.15) is 0 Å². The molecule has 0 atom stereocenters. The van der Waals surface area contributed by atoms with E-state index in [0.29, 0.717) is 11.5 Å². The Balaban J connectivity index is 4.34.